The molecule has 2 heterocycles. The number of aliphatic imine (C=N–C) groups is 1. The normalized spacial score (nSPS) is 15.3. The standard InChI is InChI=1S/C17H22N4O.HI/c18-17(21-11-5-2-6-12-21)19-10-9-15-13-22-16(20-15)14-7-3-1-4-8-14;/h1,3-4,7-8,13H,2,5-6,9-12H2,(H2,18,19);1H. The first-order valence-corrected chi connectivity index (χ1v) is 7.87. The van der Waals surface area contributed by atoms with E-state index in [0.717, 1.165) is 30.8 Å². The Morgan fingerprint density at radius 2 is 1.91 bits per heavy atom. The van der Waals surface area contributed by atoms with Crippen molar-refractivity contribution in [3.05, 3.63) is 42.3 Å². The summed E-state index contributed by atoms with van der Waals surface area (Å²) in [4.78, 5) is 11.1. The molecule has 0 aliphatic carbocycles. The van der Waals surface area contributed by atoms with Gasteiger partial charge in [0.25, 0.3) is 0 Å². The molecule has 0 unspecified atom stereocenters. The number of nitrogens with zero attached hydrogens (tertiary/aromatic N) is 3. The van der Waals surface area contributed by atoms with Crippen LogP contribution in [0.2, 0.25) is 0 Å². The summed E-state index contributed by atoms with van der Waals surface area (Å²) in [6.07, 6.45) is 6.16. The van der Waals surface area contributed by atoms with Crippen LogP contribution in [0.5, 0.6) is 0 Å². The van der Waals surface area contributed by atoms with E-state index < -0.39 is 0 Å². The highest BCUT2D eigenvalue weighted by atomic mass is 127. The molecule has 124 valence electrons. The van der Waals surface area contributed by atoms with Gasteiger partial charge in [0.2, 0.25) is 5.89 Å². The Bertz CT molecular complexity index is 621. The second-order valence-electron chi connectivity index (χ2n) is 5.55. The summed E-state index contributed by atoms with van der Waals surface area (Å²) in [5.74, 6) is 1.31. The molecule has 3 rings (SSSR count). The highest BCUT2D eigenvalue weighted by Crippen LogP contribution is 2.18. The number of oxazole rings is 1. The van der Waals surface area contributed by atoms with Crippen molar-refractivity contribution in [2.24, 2.45) is 10.7 Å². The molecule has 0 atom stereocenters. The van der Waals surface area contributed by atoms with Crippen LogP contribution in [0.4, 0.5) is 0 Å². The second kappa shape index (κ2) is 8.90. The molecule has 0 amide bonds. The summed E-state index contributed by atoms with van der Waals surface area (Å²) >= 11 is 0. The molecule has 2 aromatic rings. The number of hydrogen-bond donors (Lipinski definition) is 1. The Hall–Kier alpha value is -1.57. The van der Waals surface area contributed by atoms with Crippen molar-refractivity contribution in [2.45, 2.75) is 25.7 Å². The number of halogens is 1. The number of guanidine groups is 1. The molecule has 5 nitrogen and oxygen atoms in total. The smallest absolute Gasteiger partial charge is 0.226 e. The Kier molecular flexibility index (Phi) is 6.88. The van der Waals surface area contributed by atoms with Crippen LogP contribution in [-0.4, -0.2) is 35.5 Å². The zero-order chi connectivity index (χ0) is 15.2. The minimum atomic E-state index is 0. The van der Waals surface area contributed by atoms with Crippen molar-refractivity contribution in [1.29, 1.82) is 0 Å². The molecule has 1 aliphatic heterocycles. The highest BCUT2D eigenvalue weighted by Gasteiger charge is 2.11. The molecule has 23 heavy (non-hydrogen) atoms. The summed E-state index contributed by atoms with van der Waals surface area (Å²) in [5, 5.41) is 0. The quantitative estimate of drug-likeness (QED) is 0.463. The fourth-order valence-electron chi connectivity index (χ4n) is 2.64. The van der Waals surface area contributed by atoms with Gasteiger partial charge in [-0.1, -0.05) is 18.2 Å². The molecule has 1 aliphatic rings. The van der Waals surface area contributed by atoms with Gasteiger partial charge in [0.05, 0.1) is 5.69 Å². The van der Waals surface area contributed by atoms with E-state index >= 15 is 0 Å². The predicted molar refractivity (Wildman–Crippen MR) is 103 cm³/mol. The van der Waals surface area contributed by atoms with Gasteiger partial charge < -0.3 is 15.1 Å². The van der Waals surface area contributed by atoms with Crippen LogP contribution in [-0.2, 0) is 6.42 Å². The number of hydrogen-bond acceptors (Lipinski definition) is 3. The summed E-state index contributed by atoms with van der Waals surface area (Å²) in [6.45, 7) is 2.69. The Labute approximate surface area is 154 Å². The van der Waals surface area contributed by atoms with Crippen molar-refractivity contribution < 1.29 is 4.42 Å². The number of piperidine rings is 1. The van der Waals surface area contributed by atoms with Crippen LogP contribution in [0.1, 0.15) is 25.0 Å². The molecule has 2 N–H and O–H groups in total. The monoisotopic (exact) mass is 426 g/mol. The summed E-state index contributed by atoms with van der Waals surface area (Å²) < 4.78 is 5.52. The third-order valence-corrected chi connectivity index (χ3v) is 3.89. The van der Waals surface area contributed by atoms with Gasteiger partial charge in [0.15, 0.2) is 5.96 Å². The van der Waals surface area contributed by atoms with E-state index in [1.54, 1.807) is 6.26 Å². The number of rotatable bonds is 4. The summed E-state index contributed by atoms with van der Waals surface area (Å²) in [6, 6.07) is 9.90. The van der Waals surface area contributed by atoms with E-state index in [2.05, 4.69) is 14.9 Å². The van der Waals surface area contributed by atoms with Crippen molar-refractivity contribution in [3.8, 4) is 11.5 Å². The van der Waals surface area contributed by atoms with Gasteiger partial charge in [-0.3, -0.25) is 4.99 Å². The Morgan fingerprint density at radius 3 is 2.65 bits per heavy atom. The summed E-state index contributed by atoms with van der Waals surface area (Å²) in [7, 11) is 0. The van der Waals surface area contributed by atoms with E-state index in [-0.39, 0.29) is 24.0 Å². The fraction of sp³-hybridized carbons (Fsp3) is 0.412. The van der Waals surface area contributed by atoms with Gasteiger partial charge in [-0.2, -0.15) is 0 Å². The minimum Gasteiger partial charge on any atom is -0.444 e. The van der Waals surface area contributed by atoms with E-state index in [0.29, 0.717) is 18.4 Å². The Morgan fingerprint density at radius 1 is 1.17 bits per heavy atom. The van der Waals surface area contributed by atoms with Gasteiger partial charge in [0, 0.05) is 31.6 Å². The molecule has 0 spiro atoms. The maximum absolute atomic E-state index is 6.04. The van der Waals surface area contributed by atoms with E-state index in [9.17, 15) is 0 Å². The molecule has 1 aromatic heterocycles. The highest BCUT2D eigenvalue weighted by molar-refractivity contribution is 14.0. The molecule has 1 fully saturated rings. The number of aromatic nitrogens is 1. The molecule has 1 aromatic carbocycles. The topological polar surface area (TPSA) is 67.6 Å². The second-order valence-corrected chi connectivity index (χ2v) is 5.55. The van der Waals surface area contributed by atoms with Gasteiger partial charge in [0.1, 0.15) is 6.26 Å². The van der Waals surface area contributed by atoms with E-state index in [1.807, 2.05) is 30.3 Å². The molecular weight excluding hydrogens is 403 g/mol. The zero-order valence-corrected chi connectivity index (χ0v) is 15.5. The summed E-state index contributed by atoms with van der Waals surface area (Å²) in [5.41, 5.74) is 7.94. The lowest BCUT2D eigenvalue weighted by atomic mass is 10.1. The lowest BCUT2D eigenvalue weighted by Crippen LogP contribution is -2.41. The first-order valence-electron chi connectivity index (χ1n) is 7.87. The molecule has 0 bridgehead atoms. The van der Waals surface area contributed by atoms with Crippen LogP contribution in [0, 0.1) is 0 Å². The number of benzene rings is 1. The third-order valence-electron chi connectivity index (χ3n) is 3.89. The molecule has 1 saturated heterocycles. The lowest BCUT2D eigenvalue weighted by Gasteiger charge is -2.27. The average molecular weight is 426 g/mol. The van der Waals surface area contributed by atoms with E-state index in [4.69, 9.17) is 10.2 Å². The SMILES string of the molecule is I.NC(=NCCc1coc(-c2ccccc2)n1)N1CCCCC1. The third kappa shape index (κ3) is 4.95. The van der Waals surface area contributed by atoms with Crippen LogP contribution >= 0.6 is 24.0 Å². The number of likely N-dealkylation sites (tertiary alicyclic amines) is 1. The van der Waals surface area contributed by atoms with Gasteiger partial charge in [-0.25, -0.2) is 4.98 Å². The largest absolute Gasteiger partial charge is 0.444 e. The van der Waals surface area contributed by atoms with Crippen molar-refractivity contribution in [1.82, 2.24) is 9.88 Å². The van der Waals surface area contributed by atoms with E-state index in [1.165, 1.54) is 19.3 Å². The lowest BCUT2D eigenvalue weighted by molar-refractivity contribution is 0.338. The maximum Gasteiger partial charge on any atom is 0.226 e. The van der Waals surface area contributed by atoms with Crippen LogP contribution < -0.4 is 5.73 Å². The van der Waals surface area contributed by atoms with Gasteiger partial charge in [-0.05, 0) is 31.4 Å². The van der Waals surface area contributed by atoms with Crippen LogP contribution in [0.15, 0.2) is 46.0 Å². The fourth-order valence-corrected chi connectivity index (χ4v) is 2.64. The predicted octanol–water partition coefficient (Wildman–Crippen LogP) is 3.30. The molecular formula is C17H23IN4O. The molecule has 6 heteroatoms. The Balaban J connectivity index is 0.00000192. The molecule has 0 radical (unpaired) electrons. The van der Waals surface area contributed by atoms with Crippen LogP contribution in [0.3, 0.4) is 0 Å². The maximum atomic E-state index is 6.04. The number of nitrogens with two attached hydrogens (primary N) is 1. The van der Waals surface area contributed by atoms with Crippen molar-refractivity contribution in [3.63, 3.8) is 0 Å². The van der Waals surface area contributed by atoms with Crippen molar-refractivity contribution in [2.75, 3.05) is 19.6 Å². The van der Waals surface area contributed by atoms with Crippen molar-refractivity contribution >= 4 is 29.9 Å². The average Bonchev–Trinajstić information content (AvgIpc) is 3.05. The first kappa shape index (κ1) is 17.8. The first-order chi connectivity index (χ1) is 10.8. The van der Waals surface area contributed by atoms with Gasteiger partial charge in [-0.15, -0.1) is 24.0 Å². The van der Waals surface area contributed by atoms with Crippen LogP contribution in [0.25, 0.3) is 11.5 Å². The minimum absolute atomic E-state index is 0. The van der Waals surface area contributed by atoms with Gasteiger partial charge >= 0.3 is 0 Å². The molecule has 0 saturated carbocycles. The zero-order valence-electron chi connectivity index (χ0n) is 13.1.